The lowest BCUT2D eigenvalue weighted by Crippen LogP contribution is -2.25. The molecule has 0 atom stereocenters. The van der Waals surface area contributed by atoms with E-state index in [2.05, 4.69) is 20.4 Å². The van der Waals surface area contributed by atoms with Crippen molar-refractivity contribution in [3.8, 4) is 0 Å². The molecule has 0 aliphatic heterocycles. The highest BCUT2D eigenvalue weighted by molar-refractivity contribution is 5.76. The number of fused-ring (bicyclic) bond motifs is 1. The predicted molar refractivity (Wildman–Crippen MR) is 94.7 cm³/mol. The summed E-state index contributed by atoms with van der Waals surface area (Å²) >= 11 is 0. The van der Waals surface area contributed by atoms with E-state index in [4.69, 9.17) is 4.74 Å². The number of amides is 1. The van der Waals surface area contributed by atoms with E-state index in [1.54, 1.807) is 13.8 Å². The zero-order valence-corrected chi connectivity index (χ0v) is 16.0. The van der Waals surface area contributed by atoms with Crippen LogP contribution in [0.2, 0.25) is 0 Å². The third kappa shape index (κ3) is 5.18. The molecule has 0 aromatic carbocycles. The fourth-order valence-electron chi connectivity index (χ4n) is 2.95. The second-order valence-corrected chi connectivity index (χ2v) is 7.13. The molecule has 0 saturated heterocycles. The van der Waals surface area contributed by atoms with E-state index in [0.717, 1.165) is 23.5 Å². The van der Waals surface area contributed by atoms with Crippen LogP contribution in [0.25, 0.3) is 5.78 Å². The number of alkyl halides is 3. The maximum absolute atomic E-state index is 12.8. The van der Waals surface area contributed by atoms with Crippen molar-refractivity contribution in [1.82, 2.24) is 24.9 Å². The zero-order valence-electron chi connectivity index (χ0n) is 16.0. The quantitative estimate of drug-likeness (QED) is 0.656. The summed E-state index contributed by atoms with van der Waals surface area (Å²) in [6.45, 7) is 5.32. The number of ether oxygens (including phenoxy) is 1. The Hall–Kier alpha value is -2.23. The van der Waals surface area contributed by atoms with Crippen molar-refractivity contribution in [1.29, 1.82) is 0 Å². The largest absolute Gasteiger partial charge is 0.453 e. The van der Waals surface area contributed by atoms with E-state index >= 15 is 0 Å². The number of aromatic nitrogens is 4. The molecule has 1 fully saturated rings. The monoisotopic (exact) mass is 399 g/mol. The van der Waals surface area contributed by atoms with Gasteiger partial charge in [0.25, 0.3) is 11.6 Å². The molecule has 154 valence electrons. The molecule has 0 unspecified atom stereocenters. The second-order valence-electron chi connectivity index (χ2n) is 7.13. The molecule has 2 aromatic rings. The molecular formula is C18H24F3N5O2. The van der Waals surface area contributed by atoms with Crippen LogP contribution in [0.3, 0.4) is 0 Å². The van der Waals surface area contributed by atoms with Crippen LogP contribution in [0.5, 0.6) is 0 Å². The summed E-state index contributed by atoms with van der Waals surface area (Å²) in [5.41, 5.74) is 1.76. The van der Waals surface area contributed by atoms with Crippen LogP contribution >= 0.6 is 0 Å². The van der Waals surface area contributed by atoms with Gasteiger partial charge in [-0.15, -0.1) is 5.10 Å². The molecule has 28 heavy (non-hydrogen) atoms. The molecule has 10 heteroatoms. The van der Waals surface area contributed by atoms with Gasteiger partial charge in [0.05, 0.1) is 0 Å². The Balaban J connectivity index is 1.52. The van der Waals surface area contributed by atoms with Gasteiger partial charge < -0.3 is 10.1 Å². The van der Waals surface area contributed by atoms with Gasteiger partial charge in [-0.05, 0) is 51.0 Å². The van der Waals surface area contributed by atoms with Crippen molar-refractivity contribution in [3.63, 3.8) is 0 Å². The zero-order chi connectivity index (χ0) is 20.3. The number of nitrogens with zero attached hydrogens (tertiary/aromatic N) is 4. The molecule has 2 heterocycles. The summed E-state index contributed by atoms with van der Waals surface area (Å²) in [6.07, 6.45) is -0.783. The average Bonchev–Trinajstić information content (AvgIpc) is 3.33. The van der Waals surface area contributed by atoms with Gasteiger partial charge in [-0.1, -0.05) is 0 Å². The smallest absolute Gasteiger partial charge is 0.381 e. The van der Waals surface area contributed by atoms with Crippen LogP contribution in [-0.4, -0.2) is 45.2 Å². The first-order valence-electron chi connectivity index (χ1n) is 9.40. The van der Waals surface area contributed by atoms with Crippen LogP contribution in [0.4, 0.5) is 13.2 Å². The highest BCUT2D eigenvalue weighted by Gasteiger charge is 2.37. The molecule has 0 spiro atoms. The number of rotatable bonds is 9. The van der Waals surface area contributed by atoms with Crippen LogP contribution in [0.15, 0.2) is 0 Å². The molecule has 0 bridgehead atoms. The standard InChI is InChI=1S/C18H24F3N5O2/c1-11-14(6-7-15(27)22-8-3-9-28-10-13-4-5-13)12(2)26-17(23-11)24-16(25-26)18(19,20)21/h13H,3-10H2,1-2H3,(H,22,27). The number of carbonyl (C=O) groups is 1. The van der Waals surface area contributed by atoms with Crippen molar-refractivity contribution >= 4 is 11.7 Å². The Kier molecular flexibility index (Phi) is 6.17. The highest BCUT2D eigenvalue weighted by atomic mass is 19.4. The number of aryl methyl sites for hydroxylation is 2. The maximum atomic E-state index is 12.8. The Morgan fingerprint density at radius 3 is 2.71 bits per heavy atom. The van der Waals surface area contributed by atoms with Gasteiger partial charge in [-0.3, -0.25) is 4.79 Å². The SMILES string of the molecule is Cc1nc2nc(C(F)(F)F)nn2c(C)c1CCC(=O)NCCCOCC1CC1. The molecule has 1 N–H and O–H groups in total. The topological polar surface area (TPSA) is 81.4 Å². The maximum Gasteiger partial charge on any atom is 0.453 e. The number of hydrogen-bond donors (Lipinski definition) is 1. The minimum atomic E-state index is -4.63. The molecular weight excluding hydrogens is 375 g/mol. The van der Waals surface area contributed by atoms with Crippen molar-refractivity contribution in [2.24, 2.45) is 5.92 Å². The average molecular weight is 399 g/mol. The molecule has 0 radical (unpaired) electrons. The Labute approximate surface area is 160 Å². The normalized spacial score (nSPS) is 14.6. The lowest BCUT2D eigenvalue weighted by atomic mass is 10.1. The first-order chi connectivity index (χ1) is 13.3. The lowest BCUT2D eigenvalue weighted by molar-refractivity contribution is -0.144. The fraction of sp³-hybridized carbons (Fsp3) is 0.667. The fourth-order valence-corrected chi connectivity index (χ4v) is 2.95. The van der Waals surface area contributed by atoms with E-state index in [1.165, 1.54) is 12.8 Å². The molecule has 3 rings (SSSR count). The van der Waals surface area contributed by atoms with E-state index in [9.17, 15) is 18.0 Å². The summed E-state index contributed by atoms with van der Waals surface area (Å²) < 4.78 is 45.1. The summed E-state index contributed by atoms with van der Waals surface area (Å²) in [7, 11) is 0. The first kappa shape index (κ1) is 20.5. The van der Waals surface area contributed by atoms with Crippen LogP contribution in [0.1, 0.15) is 48.5 Å². The van der Waals surface area contributed by atoms with Gasteiger partial charge in [0.2, 0.25) is 5.91 Å². The summed E-state index contributed by atoms with van der Waals surface area (Å²) in [5, 5.41) is 6.34. The van der Waals surface area contributed by atoms with Crippen molar-refractivity contribution in [2.75, 3.05) is 19.8 Å². The molecule has 1 amide bonds. The Morgan fingerprint density at radius 2 is 2.04 bits per heavy atom. The first-order valence-corrected chi connectivity index (χ1v) is 9.40. The minimum absolute atomic E-state index is 0.0956. The van der Waals surface area contributed by atoms with E-state index in [-0.39, 0.29) is 18.1 Å². The molecule has 1 saturated carbocycles. The summed E-state index contributed by atoms with van der Waals surface area (Å²) in [6, 6.07) is 0. The van der Waals surface area contributed by atoms with Crippen molar-refractivity contribution < 1.29 is 22.7 Å². The number of halogens is 3. The Morgan fingerprint density at radius 1 is 1.29 bits per heavy atom. The minimum Gasteiger partial charge on any atom is -0.381 e. The van der Waals surface area contributed by atoms with Crippen molar-refractivity contribution in [2.45, 2.75) is 52.1 Å². The number of hydrogen-bond acceptors (Lipinski definition) is 5. The van der Waals surface area contributed by atoms with Gasteiger partial charge in [0.15, 0.2) is 0 Å². The second kappa shape index (κ2) is 8.42. The van der Waals surface area contributed by atoms with Gasteiger partial charge >= 0.3 is 6.18 Å². The van der Waals surface area contributed by atoms with Crippen LogP contribution in [0, 0.1) is 19.8 Å². The summed E-state index contributed by atoms with van der Waals surface area (Å²) in [5.74, 6) is -0.706. The van der Waals surface area contributed by atoms with Gasteiger partial charge in [-0.2, -0.15) is 18.2 Å². The predicted octanol–water partition coefficient (Wildman–Crippen LogP) is 2.63. The number of nitrogens with one attached hydrogen (secondary N) is 1. The highest BCUT2D eigenvalue weighted by Crippen LogP contribution is 2.29. The number of carbonyl (C=O) groups excluding carboxylic acids is 1. The Bertz CT molecular complexity index is 846. The van der Waals surface area contributed by atoms with E-state index in [1.807, 2.05) is 0 Å². The molecule has 1 aliphatic carbocycles. The van der Waals surface area contributed by atoms with Crippen LogP contribution in [-0.2, 0) is 22.1 Å². The van der Waals surface area contributed by atoms with Gasteiger partial charge in [-0.25, -0.2) is 9.50 Å². The third-order valence-electron chi connectivity index (χ3n) is 4.74. The lowest BCUT2D eigenvalue weighted by Gasteiger charge is -2.10. The van der Waals surface area contributed by atoms with Crippen molar-refractivity contribution in [3.05, 3.63) is 22.8 Å². The van der Waals surface area contributed by atoms with E-state index < -0.39 is 12.0 Å². The molecule has 1 aliphatic rings. The van der Waals surface area contributed by atoms with Crippen LogP contribution < -0.4 is 5.32 Å². The van der Waals surface area contributed by atoms with Gasteiger partial charge in [0.1, 0.15) is 0 Å². The third-order valence-corrected chi connectivity index (χ3v) is 4.74. The molecule has 7 nitrogen and oxygen atoms in total. The molecule has 2 aromatic heterocycles. The summed E-state index contributed by atoms with van der Waals surface area (Å²) in [4.78, 5) is 19.6. The van der Waals surface area contributed by atoms with Gasteiger partial charge in [0, 0.05) is 37.6 Å². The van der Waals surface area contributed by atoms with E-state index in [0.29, 0.717) is 36.5 Å².